The van der Waals surface area contributed by atoms with Crippen LogP contribution in [-0.2, 0) is 47.4 Å². The summed E-state index contributed by atoms with van der Waals surface area (Å²) in [6.07, 6.45) is 4.49. The van der Waals surface area contributed by atoms with Crippen LogP contribution in [0.5, 0.6) is 0 Å². The molecule has 10 rings (SSSR count). The molecule has 0 aromatic carbocycles. The number of carbonyl (C=O) groups excluding carboxylic acids is 2. The Bertz CT molecular complexity index is 1580. The number of aliphatic hydroxyl groups is 1. The minimum Gasteiger partial charge on any atom is -0.444 e. The second kappa shape index (κ2) is 16.1. The Kier molecular flexibility index (Phi) is 11.5. The molecule has 2 N–H and O–H groups in total. The van der Waals surface area contributed by atoms with Crippen molar-refractivity contribution in [2.24, 2.45) is 17.8 Å². The third-order valence-corrected chi connectivity index (χ3v) is 14.8. The molecule has 0 aromatic heterocycles. The average molecular weight is 814 g/mol. The molecule has 13 nitrogen and oxygen atoms in total. The van der Waals surface area contributed by atoms with E-state index in [4.69, 9.17) is 42.6 Å². The summed E-state index contributed by atoms with van der Waals surface area (Å²) in [6, 6.07) is 0. The standard InChI is InChI=1S/C45H67NO12/c1-22-14-28-8-10-32-23(2)15-30(50-32)12-13-45-20-37-39(56-45)40-41(55-37)42(57-45)38-33(54-40)11-9-29(52-38)16-26(47)17-31-25(4)34(53-36(31)19-35(51-28)24(22)3)18-27(48)21-46-43(49)58-44(5,6)7/h22,25,27-42,48H,2-3,8-21H2,1,4-7H3,(H,46,49)/t22-,25-,27+,28+,29-,30+,31-,32?,33+,34-,35?,36+,37-,38+,39+,40+,41-,42?,45+/m1/s1. The molecule has 10 fully saturated rings. The van der Waals surface area contributed by atoms with Crippen molar-refractivity contribution < 1.29 is 57.3 Å². The van der Waals surface area contributed by atoms with Gasteiger partial charge in [-0.3, -0.25) is 4.79 Å². The number of nitrogens with one attached hydrogen (secondary N) is 1. The van der Waals surface area contributed by atoms with E-state index in [1.807, 2.05) is 0 Å². The van der Waals surface area contributed by atoms with Crippen molar-refractivity contribution in [1.82, 2.24) is 5.32 Å². The molecule has 10 aliphatic heterocycles. The zero-order chi connectivity index (χ0) is 40.7. The van der Waals surface area contributed by atoms with E-state index in [1.165, 1.54) is 0 Å². The van der Waals surface area contributed by atoms with Gasteiger partial charge in [0.1, 0.15) is 41.9 Å². The predicted molar refractivity (Wildman–Crippen MR) is 210 cm³/mol. The number of fused-ring (bicyclic) bond motifs is 6. The van der Waals surface area contributed by atoms with Gasteiger partial charge in [0, 0.05) is 45.1 Å². The maximum Gasteiger partial charge on any atom is 0.407 e. The van der Waals surface area contributed by atoms with Crippen LogP contribution >= 0.6 is 0 Å². The fraction of sp³-hybridized carbons (Fsp3) is 0.867. The van der Waals surface area contributed by atoms with Crippen LogP contribution in [0.2, 0.25) is 0 Å². The number of hydrogen-bond acceptors (Lipinski definition) is 12. The van der Waals surface area contributed by atoms with Crippen LogP contribution in [0.25, 0.3) is 0 Å². The molecular formula is C45H67NO12. The van der Waals surface area contributed by atoms with Crippen molar-refractivity contribution >= 4 is 11.9 Å². The Labute approximate surface area is 343 Å². The van der Waals surface area contributed by atoms with E-state index in [-0.39, 0.29) is 122 Å². The molecular weight excluding hydrogens is 746 g/mol. The molecule has 0 saturated carbocycles. The van der Waals surface area contributed by atoms with E-state index in [0.29, 0.717) is 32.1 Å². The lowest BCUT2D eigenvalue weighted by molar-refractivity contribution is -0.292. The van der Waals surface area contributed by atoms with Crippen molar-refractivity contribution in [1.29, 1.82) is 0 Å². The molecule has 10 saturated heterocycles. The first kappa shape index (κ1) is 41.4. The molecule has 0 radical (unpaired) electrons. The molecule has 0 aliphatic carbocycles. The van der Waals surface area contributed by atoms with Crippen LogP contribution < -0.4 is 5.32 Å². The summed E-state index contributed by atoms with van der Waals surface area (Å²) in [7, 11) is 0. The number of carbonyl (C=O) groups is 2. The summed E-state index contributed by atoms with van der Waals surface area (Å²) in [5.74, 6) is -0.530. The molecule has 1 amide bonds. The van der Waals surface area contributed by atoms with Crippen LogP contribution in [0.15, 0.2) is 24.3 Å². The molecule has 13 heteroatoms. The lowest BCUT2D eigenvalue weighted by atomic mass is 9.78. The van der Waals surface area contributed by atoms with Gasteiger partial charge in [-0.25, -0.2) is 4.79 Å². The molecule has 324 valence electrons. The Balaban J connectivity index is 0.943. The fourth-order valence-corrected chi connectivity index (χ4v) is 11.8. The van der Waals surface area contributed by atoms with E-state index >= 15 is 0 Å². The number of aliphatic hydroxyl groups excluding tert-OH is 1. The minimum atomic E-state index is -0.856. The highest BCUT2D eigenvalue weighted by atomic mass is 16.8. The quantitative estimate of drug-likeness (QED) is 0.339. The van der Waals surface area contributed by atoms with Crippen molar-refractivity contribution in [2.75, 3.05) is 6.54 Å². The number of amides is 1. The Morgan fingerprint density at radius 1 is 0.810 bits per heavy atom. The number of ether oxygens (including phenoxy) is 9. The zero-order valence-electron chi connectivity index (χ0n) is 35.1. The van der Waals surface area contributed by atoms with Gasteiger partial charge in [-0.15, -0.1) is 0 Å². The van der Waals surface area contributed by atoms with Gasteiger partial charge in [-0.05, 0) is 94.6 Å². The fourth-order valence-electron chi connectivity index (χ4n) is 11.8. The van der Waals surface area contributed by atoms with Gasteiger partial charge in [0.25, 0.3) is 0 Å². The summed E-state index contributed by atoms with van der Waals surface area (Å²) in [5, 5.41) is 13.8. The topological polar surface area (TPSA) is 149 Å². The maximum atomic E-state index is 14.2. The van der Waals surface area contributed by atoms with E-state index < -0.39 is 23.6 Å². The number of Topliss-reactive ketones (excluding diaryl/α,β-unsaturated/α-hetero) is 1. The molecule has 10 heterocycles. The van der Waals surface area contributed by atoms with Crippen molar-refractivity contribution in [2.45, 2.75) is 221 Å². The van der Waals surface area contributed by atoms with Crippen LogP contribution in [0.1, 0.15) is 118 Å². The highest BCUT2D eigenvalue weighted by molar-refractivity contribution is 5.79. The number of rotatable bonds is 4. The molecule has 0 aromatic rings. The van der Waals surface area contributed by atoms with E-state index in [2.05, 4.69) is 32.3 Å². The van der Waals surface area contributed by atoms with Gasteiger partial charge in [0.2, 0.25) is 0 Å². The monoisotopic (exact) mass is 813 g/mol. The van der Waals surface area contributed by atoms with Gasteiger partial charge in [0.15, 0.2) is 5.79 Å². The summed E-state index contributed by atoms with van der Waals surface area (Å²) in [5.41, 5.74) is 1.55. The zero-order valence-corrected chi connectivity index (χ0v) is 35.1. The minimum absolute atomic E-state index is 0.0290. The predicted octanol–water partition coefficient (Wildman–Crippen LogP) is 5.63. The number of ketones is 1. The Morgan fingerprint density at radius 3 is 2.34 bits per heavy atom. The first-order valence-electron chi connectivity index (χ1n) is 22.4. The van der Waals surface area contributed by atoms with Gasteiger partial charge < -0.3 is 53.1 Å². The highest BCUT2D eigenvalue weighted by Crippen LogP contribution is 2.54. The van der Waals surface area contributed by atoms with Crippen LogP contribution in [0.4, 0.5) is 4.79 Å². The van der Waals surface area contributed by atoms with Crippen LogP contribution in [-0.4, -0.2) is 126 Å². The number of hydrogen-bond donors (Lipinski definition) is 2. The molecule has 58 heavy (non-hydrogen) atoms. The second-order valence-corrected chi connectivity index (χ2v) is 20.2. The first-order chi connectivity index (χ1) is 27.6. The van der Waals surface area contributed by atoms with Crippen molar-refractivity contribution in [3.8, 4) is 0 Å². The smallest absolute Gasteiger partial charge is 0.407 e. The number of alkyl carbamates (subject to hydrolysis) is 1. The van der Waals surface area contributed by atoms with Crippen LogP contribution in [0.3, 0.4) is 0 Å². The van der Waals surface area contributed by atoms with Gasteiger partial charge in [-0.1, -0.05) is 27.0 Å². The third kappa shape index (κ3) is 8.34. The third-order valence-electron chi connectivity index (χ3n) is 14.8. The van der Waals surface area contributed by atoms with Crippen molar-refractivity contribution in [3.63, 3.8) is 0 Å². The Morgan fingerprint density at radius 2 is 1.53 bits per heavy atom. The van der Waals surface area contributed by atoms with Gasteiger partial charge in [-0.2, -0.15) is 0 Å². The highest BCUT2D eigenvalue weighted by Gasteiger charge is 2.68. The van der Waals surface area contributed by atoms with Gasteiger partial charge >= 0.3 is 6.09 Å². The van der Waals surface area contributed by atoms with Crippen molar-refractivity contribution in [3.05, 3.63) is 24.3 Å². The summed E-state index contributed by atoms with van der Waals surface area (Å²) >= 11 is 0. The van der Waals surface area contributed by atoms with Gasteiger partial charge in [0.05, 0.1) is 61.0 Å². The molecule has 1 spiro atoms. The van der Waals surface area contributed by atoms with E-state index in [1.54, 1.807) is 20.8 Å². The molecule has 12 bridgehead atoms. The second-order valence-electron chi connectivity index (χ2n) is 20.2. The summed E-state index contributed by atoms with van der Waals surface area (Å²) < 4.78 is 59.6. The van der Waals surface area contributed by atoms with E-state index in [0.717, 1.165) is 56.1 Å². The summed E-state index contributed by atoms with van der Waals surface area (Å²) in [6.45, 7) is 18.7. The van der Waals surface area contributed by atoms with Crippen LogP contribution in [0, 0.1) is 17.8 Å². The normalized spacial score (nSPS) is 48.3. The van der Waals surface area contributed by atoms with E-state index in [9.17, 15) is 14.7 Å². The SMILES string of the molecule is C=C1C[C@@H]2CC[C@@]34C[C@H]5O[C@H]6C(O3)[C@H]3O[C@H](CC[C@@H]3O[C@H]6[C@H]5O4)CC(=O)C[C@@H]3[C@@H](C)[C@@H](C[C@H](O)CNC(=O)OC(C)(C)C)O[C@H]3CC3O[C@@H](CCC1O2)C[C@@H](C)C3=C. The first-order valence-corrected chi connectivity index (χ1v) is 22.4. The lowest BCUT2D eigenvalue weighted by Crippen LogP contribution is -2.61. The molecule has 10 aliphatic rings. The molecule has 19 atom stereocenters. The summed E-state index contributed by atoms with van der Waals surface area (Å²) in [4.78, 5) is 26.5. The Hall–Kier alpha value is -1.94. The lowest BCUT2D eigenvalue weighted by Gasteiger charge is -2.47. The average Bonchev–Trinajstić information content (AvgIpc) is 3.82. The molecule has 3 unspecified atom stereocenters. The largest absolute Gasteiger partial charge is 0.444 e. The maximum absolute atomic E-state index is 14.2.